The first kappa shape index (κ1) is 7.32. The standard InChI is InChI=1S/C8H4BrN3/c1-10-8-6(9)4-5-2-3-11-7(5)12-8/h2-4H,(H,11,12). The van der Waals surface area contributed by atoms with Crippen molar-refractivity contribution in [2.75, 3.05) is 0 Å². The van der Waals surface area contributed by atoms with Gasteiger partial charge in [0.25, 0.3) is 5.82 Å². The van der Waals surface area contributed by atoms with E-state index < -0.39 is 0 Å². The van der Waals surface area contributed by atoms with Crippen LogP contribution in [0.3, 0.4) is 0 Å². The van der Waals surface area contributed by atoms with Crippen LogP contribution in [0.15, 0.2) is 22.8 Å². The molecule has 0 atom stereocenters. The predicted octanol–water partition coefficient (Wildman–Crippen LogP) is 2.88. The van der Waals surface area contributed by atoms with E-state index in [0.717, 1.165) is 15.5 Å². The molecule has 12 heavy (non-hydrogen) atoms. The SMILES string of the molecule is [C-]#[N+]c1nc2[nH]ccc2cc1Br. The fourth-order valence-electron chi connectivity index (χ4n) is 1.02. The number of hydrogen-bond acceptors (Lipinski definition) is 1. The number of rotatable bonds is 0. The number of hydrogen-bond donors (Lipinski definition) is 1. The first-order valence-electron chi connectivity index (χ1n) is 3.32. The van der Waals surface area contributed by atoms with Crippen molar-refractivity contribution in [3.63, 3.8) is 0 Å². The van der Waals surface area contributed by atoms with Gasteiger partial charge in [0, 0.05) is 16.1 Å². The molecule has 3 nitrogen and oxygen atoms in total. The molecule has 0 bridgehead atoms. The number of fused-ring (bicyclic) bond motifs is 1. The van der Waals surface area contributed by atoms with E-state index in [1.807, 2.05) is 12.1 Å². The van der Waals surface area contributed by atoms with Gasteiger partial charge in [-0.3, -0.25) is 0 Å². The average Bonchev–Trinajstić information content (AvgIpc) is 2.49. The maximum atomic E-state index is 6.83. The number of halogens is 1. The van der Waals surface area contributed by atoms with Crippen molar-refractivity contribution in [3.05, 3.63) is 34.2 Å². The molecule has 0 fully saturated rings. The van der Waals surface area contributed by atoms with Gasteiger partial charge in [0.2, 0.25) is 5.65 Å². The molecule has 0 amide bonds. The summed E-state index contributed by atoms with van der Waals surface area (Å²) in [5.41, 5.74) is 0.754. The van der Waals surface area contributed by atoms with E-state index in [2.05, 4.69) is 30.7 Å². The quantitative estimate of drug-likeness (QED) is 0.683. The Bertz CT molecular complexity index is 467. The number of aromatic nitrogens is 2. The lowest BCUT2D eigenvalue weighted by molar-refractivity contribution is 1.33. The average molecular weight is 222 g/mol. The molecule has 0 aromatic carbocycles. The highest BCUT2D eigenvalue weighted by Crippen LogP contribution is 2.26. The molecular weight excluding hydrogens is 218 g/mol. The van der Waals surface area contributed by atoms with Crippen molar-refractivity contribution in [3.8, 4) is 0 Å². The van der Waals surface area contributed by atoms with Crippen LogP contribution in [0, 0.1) is 6.57 Å². The fraction of sp³-hybridized carbons (Fsp3) is 0. The van der Waals surface area contributed by atoms with Gasteiger partial charge in [-0.15, -0.1) is 4.98 Å². The van der Waals surface area contributed by atoms with E-state index >= 15 is 0 Å². The van der Waals surface area contributed by atoms with Gasteiger partial charge in [0.05, 0.1) is 0 Å². The summed E-state index contributed by atoms with van der Waals surface area (Å²) in [6.45, 7) is 6.83. The monoisotopic (exact) mass is 221 g/mol. The first-order valence-corrected chi connectivity index (χ1v) is 4.11. The van der Waals surface area contributed by atoms with Crippen molar-refractivity contribution in [1.82, 2.24) is 9.97 Å². The van der Waals surface area contributed by atoms with Crippen molar-refractivity contribution in [2.24, 2.45) is 0 Å². The van der Waals surface area contributed by atoms with Crippen LogP contribution in [0.4, 0.5) is 5.82 Å². The molecule has 2 aromatic heterocycles. The lowest BCUT2D eigenvalue weighted by Crippen LogP contribution is -1.76. The zero-order valence-electron chi connectivity index (χ0n) is 6.00. The molecule has 0 aliphatic heterocycles. The summed E-state index contributed by atoms with van der Waals surface area (Å²) in [6, 6.07) is 3.80. The third-order valence-electron chi connectivity index (χ3n) is 1.58. The molecule has 4 heteroatoms. The smallest absolute Gasteiger partial charge is 0.286 e. The van der Waals surface area contributed by atoms with E-state index in [1.54, 1.807) is 6.20 Å². The zero-order chi connectivity index (χ0) is 8.55. The highest BCUT2D eigenvalue weighted by molar-refractivity contribution is 9.10. The number of pyridine rings is 1. The maximum Gasteiger partial charge on any atom is 0.286 e. The molecule has 0 saturated carbocycles. The van der Waals surface area contributed by atoms with Crippen LogP contribution in [0.5, 0.6) is 0 Å². The zero-order valence-corrected chi connectivity index (χ0v) is 7.59. The summed E-state index contributed by atoms with van der Waals surface area (Å²) in [4.78, 5) is 10.3. The summed E-state index contributed by atoms with van der Waals surface area (Å²) < 4.78 is 0.740. The molecular formula is C8H4BrN3. The van der Waals surface area contributed by atoms with E-state index in [0.29, 0.717) is 5.82 Å². The third-order valence-corrected chi connectivity index (χ3v) is 2.16. The summed E-state index contributed by atoms with van der Waals surface area (Å²) >= 11 is 3.27. The lowest BCUT2D eigenvalue weighted by Gasteiger charge is -1.91. The lowest BCUT2D eigenvalue weighted by atomic mass is 10.3. The van der Waals surface area contributed by atoms with Crippen LogP contribution in [-0.2, 0) is 0 Å². The molecule has 0 spiro atoms. The van der Waals surface area contributed by atoms with Crippen LogP contribution >= 0.6 is 15.9 Å². The second-order valence-electron chi connectivity index (χ2n) is 2.32. The molecule has 1 N–H and O–H groups in total. The summed E-state index contributed by atoms with van der Waals surface area (Å²) in [5.74, 6) is 0.393. The van der Waals surface area contributed by atoms with Gasteiger partial charge in [0.1, 0.15) is 0 Å². The highest BCUT2D eigenvalue weighted by atomic mass is 79.9. The van der Waals surface area contributed by atoms with Gasteiger partial charge in [0.15, 0.2) is 0 Å². The second kappa shape index (κ2) is 2.61. The third kappa shape index (κ3) is 0.990. The van der Waals surface area contributed by atoms with Gasteiger partial charge >= 0.3 is 0 Å². The summed E-state index contributed by atoms with van der Waals surface area (Å²) in [7, 11) is 0. The van der Waals surface area contributed by atoms with Crippen molar-refractivity contribution in [2.45, 2.75) is 0 Å². The predicted molar refractivity (Wildman–Crippen MR) is 50.1 cm³/mol. The Balaban J connectivity index is 2.84. The number of aromatic amines is 1. The maximum absolute atomic E-state index is 6.83. The normalized spacial score (nSPS) is 10.0. The van der Waals surface area contributed by atoms with Gasteiger partial charge in [-0.1, -0.05) is 22.5 Å². The van der Waals surface area contributed by atoms with Crippen molar-refractivity contribution in [1.29, 1.82) is 0 Å². The Hall–Kier alpha value is -1.34. The molecule has 2 aromatic rings. The largest absolute Gasteiger partial charge is 0.360 e. The van der Waals surface area contributed by atoms with Crippen LogP contribution in [0.2, 0.25) is 0 Å². The topological polar surface area (TPSA) is 33.0 Å². The molecule has 0 aliphatic rings. The highest BCUT2D eigenvalue weighted by Gasteiger charge is 2.05. The Kier molecular flexibility index (Phi) is 1.59. The molecule has 0 saturated heterocycles. The van der Waals surface area contributed by atoms with Gasteiger partial charge in [-0.05, 0) is 12.1 Å². The summed E-state index contributed by atoms with van der Waals surface area (Å²) in [6.07, 6.45) is 1.80. The van der Waals surface area contributed by atoms with Crippen LogP contribution < -0.4 is 0 Å². The molecule has 2 heterocycles. The Labute approximate surface area is 77.4 Å². The summed E-state index contributed by atoms with van der Waals surface area (Å²) in [5, 5.41) is 1.01. The number of nitrogens with zero attached hydrogens (tertiary/aromatic N) is 2. The Morgan fingerprint density at radius 3 is 3.17 bits per heavy atom. The molecule has 0 radical (unpaired) electrons. The van der Waals surface area contributed by atoms with Crippen LogP contribution in [0.1, 0.15) is 0 Å². The molecule has 0 aliphatic carbocycles. The van der Waals surface area contributed by atoms with Crippen LogP contribution in [-0.4, -0.2) is 9.97 Å². The Morgan fingerprint density at radius 1 is 1.58 bits per heavy atom. The fourth-order valence-corrected chi connectivity index (χ4v) is 1.45. The molecule has 2 rings (SSSR count). The minimum Gasteiger partial charge on any atom is -0.360 e. The second-order valence-corrected chi connectivity index (χ2v) is 3.18. The number of H-pyrrole nitrogens is 1. The molecule has 58 valence electrons. The number of nitrogens with one attached hydrogen (secondary N) is 1. The van der Waals surface area contributed by atoms with Gasteiger partial charge in [-0.2, -0.15) is 0 Å². The van der Waals surface area contributed by atoms with E-state index in [1.165, 1.54) is 0 Å². The van der Waals surface area contributed by atoms with Crippen LogP contribution in [0.25, 0.3) is 15.9 Å². The van der Waals surface area contributed by atoms with E-state index in [9.17, 15) is 0 Å². The van der Waals surface area contributed by atoms with E-state index in [-0.39, 0.29) is 0 Å². The molecule has 0 unspecified atom stereocenters. The Morgan fingerprint density at radius 2 is 2.42 bits per heavy atom. The minimum absolute atomic E-state index is 0.393. The minimum atomic E-state index is 0.393. The van der Waals surface area contributed by atoms with Crippen molar-refractivity contribution < 1.29 is 0 Å². The van der Waals surface area contributed by atoms with Crippen molar-refractivity contribution >= 4 is 32.8 Å². The van der Waals surface area contributed by atoms with Gasteiger partial charge in [-0.25, -0.2) is 0 Å². The van der Waals surface area contributed by atoms with E-state index in [4.69, 9.17) is 6.57 Å². The first-order chi connectivity index (χ1) is 5.81. The van der Waals surface area contributed by atoms with Gasteiger partial charge < -0.3 is 9.83 Å².